The number of hydrogen-bond acceptors (Lipinski definition) is 3. The second kappa shape index (κ2) is 4.61. The monoisotopic (exact) mass is 231 g/mol. The second-order valence-electron chi connectivity index (χ2n) is 3.41. The standard InChI is InChI=1S/C12H10FN3O/c13-9-7-8(14)4-5-10(9)16-12(17)11-3-1-2-6-15-11/h1-7H,14H2,(H,16,17). The average molecular weight is 231 g/mol. The summed E-state index contributed by atoms with van der Waals surface area (Å²) in [4.78, 5) is 15.5. The molecule has 0 aliphatic heterocycles. The van der Waals surface area contributed by atoms with Crippen molar-refractivity contribution in [3.63, 3.8) is 0 Å². The maximum atomic E-state index is 13.4. The van der Waals surface area contributed by atoms with Crippen LogP contribution in [0.5, 0.6) is 0 Å². The highest BCUT2D eigenvalue weighted by molar-refractivity contribution is 6.02. The van der Waals surface area contributed by atoms with Gasteiger partial charge >= 0.3 is 0 Å². The number of carbonyl (C=O) groups excluding carboxylic acids is 1. The van der Waals surface area contributed by atoms with E-state index in [1.54, 1.807) is 18.2 Å². The molecule has 1 heterocycles. The van der Waals surface area contributed by atoms with Crippen LogP contribution in [-0.4, -0.2) is 10.9 Å². The highest BCUT2D eigenvalue weighted by atomic mass is 19.1. The van der Waals surface area contributed by atoms with Crippen LogP contribution in [0.25, 0.3) is 0 Å². The molecule has 0 atom stereocenters. The fourth-order valence-corrected chi connectivity index (χ4v) is 1.32. The molecular weight excluding hydrogens is 221 g/mol. The molecule has 0 saturated carbocycles. The van der Waals surface area contributed by atoms with Crippen LogP contribution in [0.2, 0.25) is 0 Å². The molecule has 0 unspecified atom stereocenters. The predicted octanol–water partition coefficient (Wildman–Crippen LogP) is 2.06. The Hall–Kier alpha value is -2.43. The third-order valence-corrected chi connectivity index (χ3v) is 2.14. The Morgan fingerprint density at radius 1 is 1.29 bits per heavy atom. The van der Waals surface area contributed by atoms with Gasteiger partial charge in [0.05, 0.1) is 5.69 Å². The number of rotatable bonds is 2. The summed E-state index contributed by atoms with van der Waals surface area (Å²) in [6, 6.07) is 8.99. The lowest BCUT2D eigenvalue weighted by Gasteiger charge is -2.06. The third kappa shape index (κ3) is 2.57. The van der Waals surface area contributed by atoms with Gasteiger partial charge in [-0.15, -0.1) is 0 Å². The summed E-state index contributed by atoms with van der Waals surface area (Å²) in [7, 11) is 0. The molecule has 3 N–H and O–H groups in total. The summed E-state index contributed by atoms with van der Waals surface area (Å²) in [6.45, 7) is 0. The fourth-order valence-electron chi connectivity index (χ4n) is 1.32. The van der Waals surface area contributed by atoms with Gasteiger partial charge in [-0.2, -0.15) is 0 Å². The molecule has 1 aromatic carbocycles. The van der Waals surface area contributed by atoms with Crippen molar-refractivity contribution in [2.24, 2.45) is 0 Å². The minimum atomic E-state index is -0.575. The number of halogens is 1. The molecule has 17 heavy (non-hydrogen) atoms. The lowest BCUT2D eigenvalue weighted by molar-refractivity contribution is 0.102. The van der Waals surface area contributed by atoms with Crippen LogP contribution in [-0.2, 0) is 0 Å². The zero-order chi connectivity index (χ0) is 12.3. The molecule has 1 amide bonds. The number of aromatic nitrogens is 1. The van der Waals surface area contributed by atoms with E-state index in [2.05, 4.69) is 10.3 Å². The minimum Gasteiger partial charge on any atom is -0.399 e. The third-order valence-electron chi connectivity index (χ3n) is 2.14. The Labute approximate surface area is 97.3 Å². The molecule has 1 aromatic heterocycles. The molecular formula is C12H10FN3O. The van der Waals surface area contributed by atoms with Gasteiger partial charge in [-0.3, -0.25) is 9.78 Å². The van der Waals surface area contributed by atoms with E-state index < -0.39 is 11.7 Å². The first-order chi connectivity index (χ1) is 8.16. The average Bonchev–Trinajstić information content (AvgIpc) is 2.34. The topological polar surface area (TPSA) is 68.0 Å². The van der Waals surface area contributed by atoms with Crippen LogP contribution in [0.1, 0.15) is 10.5 Å². The van der Waals surface area contributed by atoms with E-state index in [9.17, 15) is 9.18 Å². The largest absolute Gasteiger partial charge is 0.399 e. The maximum Gasteiger partial charge on any atom is 0.274 e. The highest BCUT2D eigenvalue weighted by Gasteiger charge is 2.09. The molecule has 0 saturated heterocycles. The number of amides is 1. The van der Waals surface area contributed by atoms with Gasteiger partial charge in [-0.05, 0) is 30.3 Å². The van der Waals surface area contributed by atoms with E-state index in [4.69, 9.17) is 5.73 Å². The summed E-state index contributed by atoms with van der Waals surface area (Å²) < 4.78 is 13.4. The summed E-state index contributed by atoms with van der Waals surface area (Å²) >= 11 is 0. The van der Waals surface area contributed by atoms with Gasteiger partial charge in [0.25, 0.3) is 5.91 Å². The normalized spacial score (nSPS) is 9.94. The first-order valence-corrected chi connectivity index (χ1v) is 4.94. The van der Waals surface area contributed by atoms with E-state index in [-0.39, 0.29) is 11.4 Å². The Kier molecular flexibility index (Phi) is 3.00. The van der Waals surface area contributed by atoms with Gasteiger partial charge in [-0.25, -0.2) is 4.39 Å². The van der Waals surface area contributed by atoms with Crippen LogP contribution in [0.4, 0.5) is 15.8 Å². The van der Waals surface area contributed by atoms with E-state index in [0.29, 0.717) is 5.69 Å². The SMILES string of the molecule is Nc1ccc(NC(=O)c2ccccn2)c(F)c1. The number of hydrogen-bond donors (Lipinski definition) is 2. The van der Waals surface area contributed by atoms with Crippen molar-refractivity contribution in [1.29, 1.82) is 0 Å². The lowest BCUT2D eigenvalue weighted by atomic mass is 10.2. The second-order valence-corrected chi connectivity index (χ2v) is 3.41. The number of carbonyl (C=O) groups is 1. The molecule has 0 fully saturated rings. The Bertz CT molecular complexity index is 543. The Balaban J connectivity index is 2.19. The van der Waals surface area contributed by atoms with E-state index in [1.807, 2.05) is 0 Å². The molecule has 0 spiro atoms. The first kappa shape index (κ1) is 11.1. The molecule has 86 valence electrons. The Morgan fingerprint density at radius 2 is 2.12 bits per heavy atom. The van der Waals surface area contributed by atoms with Crippen molar-refractivity contribution in [3.8, 4) is 0 Å². The van der Waals surface area contributed by atoms with Crippen molar-refractivity contribution in [1.82, 2.24) is 4.98 Å². The number of pyridine rings is 1. The molecule has 4 nitrogen and oxygen atoms in total. The van der Waals surface area contributed by atoms with Crippen molar-refractivity contribution in [2.45, 2.75) is 0 Å². The number of nitrogen functional groups attached to an aromatic ring is 1. The van der Waals surface area contributed by atoms with E-state index in [0.717, 1.165) is 6.07 Å². The summed E-state index contributed by atoms with van der Waals surface area (Å²) in [6.07, 6.45) is 1.49. The molecule has 0 aliphatic rings. The zero-order valence-electron chi connectivity index (χ0n) is 8.85. The van der Waals surface area contributed by atoms with Crippen molar-refractivity contribution in [3.05, 3.63) is 54.1 Å². The fraction of sp³-hybridized carbons (Fsp3) is 0. The minimum absolute atomic E-state index is 0.0786. The van der Waals surface area contributed by atoms with Gasteiger partial charge in [0.2, 0.25) is 0 Å². The zero-order valence-corrected chi connectivity index (χ0v) is 8.85. The van der Waals surface area contributed by atoms with Gasteiger partial charge in [0, 0.05) is 11.9 Å². The van der Waals surface area contributed by atoms with Crippen LogP contribution in [0.15, 0.2) is 42.6 Å². The first-order valence-electron chi connectivity index (χ1n) is 4.94. The quantitative estimate of drug-likeness (QED) is 0.777. The smallest absolute Gasteiger partial charge is 0.274 e. The number of nitrogens with zero attached hydrogens (tertiary/aromatic N) is 1. The molecule has 0 aliphatic carbocycles. The summed E-state index contributed by atoms with van der Waals surface area (Å²) in [5, 5.41) is 2.42. The predicted molar refractivity (Wildman–Crippen MR) is 63.0 cm³/mol. The molecule has 2 rings (SSSR count). The highest BCUT2D eigenvalue weighted by Crippen LogP contribution is 2.17. The molecule has 0 radical (unpaired) electrons. The molecule has 5 heteroatoms. The van der Waals surface area contributed by atoms with Crippen molar-refractivity contribution < 1.29 is 9.18 Å². The van der Waals surface area contributed by atoms with Crippen molar-refractivity contribution in [2.75, 3.05) is 11.1 Å². The molecule has 0 bridgehead atoms. The van der Waals surface area contributed by atoms with Crippen LogP contribution < -0.4 is 11.1 Å². The summed E-state index contributed by atoms with van der Waals surface area (Å²) in [5.41, 5.74) is 6.01. The summed E-state index contributed by atoms with van der Waals surface area (Å²) in [5.74, 6) is -1.04. The number of nitrogens with one attached hydrogen (secondary N) is 1. The molecule has 2 aromatic rings. The van der Waals surface area contributed by atoms with Gasteiger partial charge < -0.3 is 11.1 Å². The van der Waals surface area contributed by atoms with Crippen LogP contribution in [0.3, 0.4) is 0 Å². The van der Waals surface area contributed by atoms with Gasteiger partial charge in [0.1, 0.15) is 11.5 Å². The van der Waals surface area contributed by atoms with E-state index in [1.165, 1.54) is 18.3 Å². The van der Waals surface area contributed by atoms with Gasteiger partial charge in [0.15, 0.2) is 0 Å². The Morgan fingerprint density at radius 3 is 2.76 bits per heavy atom. The van der Waals surface area contributed by atoms with Crippen LogP contribution in [0, 0.1) is 5.82 Å². The van der Waals surface area contributed by atoms with Gasteiger partial charge in [-0.1, -0.05) is 6.07 Å². The lowest BCUT2D eigenvalue weighted by Crippen LogP contribution is -2.14. The number of benzene rings is 1. The number of nitrogens with two attached hydrogens (primary N) is 1. The number of anilines is 2. The van der Waals surface area contributed by atoms with Crippen LogP contribution >= 0.6 is 0 Å². The maximum absolute atomic E-state index is 13.4. The van der Waals surface area contributed by atoms with E-state index >= 15 is 0 Å². The van der Waals surface area contributed by atoms with Crippen molar-refractivity contribution >= 4 is 17.3 Å².